The van der Waals surface area contributed by atoms with E-state index in [0.717, 1.165) is 38.6 Å². The third kappa shape index (κ3) is 8.06. The number of hydrogen-bond acceptors (Lipinski definition) is 3. The van der Waals surface area contributed by atoms with Crippen molar-refractivity contribution in [3.8, 4) is 0 Å². The van der Waals surface area contributed by atoms with Gasteiger partial charge < -0.3 is 16.0 Å². The Morgan fingerprint density at radius 1 is 1.11 bits per heavy atom. The van der Waals surface area contributed by atoms with Crippen LogP contribution in [0.25, 0.3) is 0 Å². The van der Waals surface area contributed by atoms with Crippen LogP contribution >= 0.6 is 0 Å². The molecule has 104 valence electrons. The van der Waals surface area contributed by atoms with E-state index in [0.29, 0.717) is 25.6 Å². The van der Waals surface area contributed by atoms with Crippen LogP contribution in [0.4, 0.5) is 0 Å². The summed E-state index contributed by atoms with van der Waals surface area (Å²) in [6.45, 7) is 3.89. The molecule has 0 unspecified atom stereocenters. The summed E-state index contributed by atoms with van der Waals surface area (Å²) in [4.78, 5) is 22.7. The maximum atomic E-state index is 11.3. The number of hydrogen-bond donors (Lipinski definition) is 3. The van der Waals surface area contributed by atoms with E-state index in [1.54, 1.807) is 0 Å². The summed E-state index contributed by atoms with van der Waals surface area (Å²) in [5, 5.41) is 8.82. The molecule has 1 fully saturated rings. The van der Waals surface area contributed by atoms with Crippen LogP contribution in [0.5, 0.6) is 0 Å². The van der Waals surface area contributed by atoms with E-state index in [4.69, 9.17) is 0 Å². The minimum Gasteiger partial charge on any atom is -0.355 e. The maximum Gasteiger partial charge on any atom is 0.233 e. The molecule has 2 amide bonds. The summed E-state index contributed by atoms with van der Waals surface area (Å²) in [6, 6.07) is 0.440. The molecule has 1 rings (SSSR count). The van der Waals surface area contributed by atoms with Gasteiger partial charge in [0.1, 0.15) is 0 Å². The Morgan fingerprint density at radius 2 is 1.89 bits per heavy atom. The van der Waals surface area contributed by atoms with E-state index in [9.17, 15) is 9.59 Å². The number of carbonyl (C=O) groups excluding carboxylic acids is 2. The van der Waals surface area contributed by atoms with Crippen LogP contribution in [0, 0.1) is 0 Å². The molecule has 0 atom stereocenters. The van der Waals surface area contributed by atoms with Crippen LogP contribution in [0.1, 0.15) is 45.4 Å². The van der Waals surface area contributed by atoms with E-state index in [1.165, 1.54) is 0 Å². The van der Waals surface area contributed by atoms with Crippen molar-refractivity contribution in [3.05, 3.63) is 0 Å². The number of carbonyl (C=O) groups is 2. The van der Waals surface area contributed by atoms with Gasteiger partial charge in [0, 0.05) is 19.0 Å². The molecule has 0 aromatic rings. The van der Waals surface area contributed by atoms with Gasteiger partial charge >= 0.3 is 0 Å². The third-order valence-corrected chi connectivity index (χ3v) is 2.84. The Morgan fingerprint density at radius 3 is 2.56 bits per heavy atom. The lowest BCUT2D eigenvalue weighted by Gasteiger charge is -2.06. The second kappa shape index (κ2) is 8.91. The molecule has 18 heavy (non-hydrogen) atoms. The molecule has 3 N–H and O–H groups in total. The highest BCUT2D eigenvalue weighted by atomic mass is 16.2. The van der Waals surface area contributed by atoms with Crippen molar-refractivity contribution < 1.29 is 9.59 Å². The second-order valence-corrected chi connectivity index (χ2v) is 4.83. The van der Waals surface area contributed by atoms with Crippen molar-refractivity contribution in [1.29, 1.82) is 0 Å². The first kappa shape index (κ1) is 15.0. The van der Waals surface area contributed by atoms with Crippen LogP contribution in [-0.4, -0.2) is 37.5 Å². The number of unbranched alkanes of at least 4 members (excludes halogenated alkanes) is 1. The van der Waals surface area contributed by atoms with Crippen LogP contribution in [0.15, 0.2) is 0 Å². The van der Waals surface area contributed by atoms with Crippen LogP contribution < -0.4 is 16.0 Å². The normalized spacial score (nSPS) is 14.3. The number of amides is 2. The molecule has 0 radical (unpaired) electrons. The van der Waals surface area contributed by atoms with E-state index in [1.807, 2.05) is 0 Å². The molecule has 0 bridgehead atoms. The largest absolute Gasteiger partial charge is 0.355 e. The monoisotopic (exact) mass is 255 g/mol. The summed E-state index contributed by atoms with van der Waals surface area (Å²) < 4.78 is 0. The van der Waals surface area contributed by atoms with Gasteiger partial charge in [-0.2, -0.15) is 0 Å². The van der Waals surface area contributed by atoms with Crippen molar-refractivity contribution in [2.75, 3.05) is 19.6 Å². The molecule has 5 nitrogen and oxygen atoms in total. The van der Waals surface area contributed by atoms with Crippen molar-refractivity contribution in [2.45, 2.75) is 51.5 Å². The van der Waals surface area contributed by atoms with Gasteiger partial charge in [-0.25, -0.2) is 0 Å². The van der Waals surface area contributed by atoms with Crippen molar-refractivity contribution >= 4 is 11.8 Å². The number of rotatable bonds is 10. The SMILES string of the molecule is CCCCNC(=O)CNCCCC(=O)NC1CC1. The molecule has 0 heterocycles. The smallest absolute Gasteiger partial charge is 0.233 e. The van der Waals surface area contributed by atoms with E-state index in [2.05, 4.69) is 22.9 Å². The van der Waals surface area contributed by atoms with Crippen LogP contribution in [-0.2, 0) is 9.59 Å². The molecule has 1 aliphatic carbocycles. The predicted molar refractivity (Wildman–Crippen MR) is 71.2 cm³/mol. The molecule has 0 aromatic heterocycles. The first-order valence-electron chi connectivity index (χ1n) is 6.99. The minimum atomic E-state index is 0.0332. The zero-order chi connectivity index (χ0) is 13.2. The summed E-state index contributed by atoms with van der Waals surface area (Å²) in [6.07, 6.45) is 5.68. The molecule has 5 heteroatoms. The highest BCUT2D eigenvalue weighted by Crippen LogP contribution is 2.18. The van der Waals surface area contributed by atoms with Gasteiger partial charge in [-0.3, -0.25) is 9.59 Å². The fourth-order valence-corrected chi connectivity index (χ4v) is 1.57. The highest BCUT2D eigenvalue weighted by molar-refractivity contribution is 5.78. The van der Waals surface area contributed by atoms with Gasteiger partial charge in [-0.05, 0) is 32.2 Å². The summed E-state index contributed by atoms with van der Waals surface area (Å²) in [5.74, 6) is 0.164. The molecular weight excluding hydrogens is 230 g/mol. The van der Waals surface area contributed by atoms with Gasteiger partial charge in [0.05, 0.1) is 6.54 Å². The quantitative estimate of drug-likeness (QED) is 0.499. The molecule has 0 aromatic carbocycles. The average Bonchev–Trinajstić information content (AvgIpc) is 3.13. The molecule has 1 aliphatic rings. The van der Waals surface area contributed by atoms with E-state index >= 15 is 0 Å². The fraction of sp³-hybridized carbons (Fsp3) is 0.846. The molecule has 0 spiro atoms. The fourth-order valence-electron chi connectivity index (χ4n) is 1.57. The Bertz CT molecular complexity index is 265. The standard InChI is InChI=1S/C13H25N3O2/c1-2-3-9-15-13(18)10-14-8-4-5-12(17)16-11-6-7-11/h11,14H,2-10H2,1H3,(H,15,18)(H,16,17). The Hall–Kier alpha value is -1.10. The van der Waals surface area contributed by atoms with Crippen molar-refractivity contribution in [3.63, 3.8) is 0 Å². The second-order valence-electron chi connectivity index (χ2n) is 4.83. The lowest BCUT2D eigenvalue weighted by atomic mass is 10.3. The highest BCUT2D eigenvalue weighted by Gasteiger charge is 2.22. The predicted octanol–water partition coefficient (Wildman–Crippen LogP) is 0.551. The van der Waals surface area contributed by atoms with E-state index in [-0.39, 0.29) is 11.8 Å². The van der Waals surface area contributed by atoms with Gasteiger partial charge in [-0.15, -0.1) is 0 Å². The summed E-state index contributed by atoms with van der Waals surface area (Å²) in [7, 11) is 0. The van der Waals surface area contributed by atoms with Crippen LogP contribution in [0.3, 0.4) is 0 Å². The van der Waals surface area contributed by atoms with Gasteiger partial charge in [0.2, 0.25) is 11.8 Å². The van der Waals surface area contributed by atoms with E-state index < -0.39 is 0 Å². The lowest BCUT2D eigenvalue weighted by molar-refractivity contribution is -0.121. The first-order chi connectivity index (χ1) is 8.72. The van der Waals surface area contributed by atoms with Gasteiger partial charge in [0.15, 0.2) is 0 Å². The minimum absolute atomic E-state index is 0.0332. The Balaban J connectivity index is 1.84. The Kier molecular flexibility index (Phi) is 7.41. The number of nitrogens with one attached hydrogen (secondary N) is 3. The summed E-state index contributed by atoms with van der Waals surface area (Å²) in [5.41, 5.74) is 0. The van der Waals surface area contributed by atoms with Crippen molar-refractivity contribution in [2.24, 2.45) is 0 Å². The molecule has 0 saturated heterocycles. The molecule has 0 aliphatic heterocycles. The zero-order valence-electron chi connectivity index (χ0n) is 11.3. The van der Waals surface area contributed by atoms with Gasteiger partial charge in [0.25, 0.3) is 0 Å². The average molecular weight is 255 g/mol. The molecular formula is C13H25N3O2. The lowest BCUT2D eigenvalue weighted by Crippen LogP contribution is -2.35. The van der Waals surface area contributed by atoms with Crippen LogP contribution in [0.2, 0.25) is 0 Å². The van der Waals surface area contributed by atoms with Gasteiger partial charge in [-0.1, -0.05) is 13.3 Å². The van der Waals surface area contributed by atoms with Crippen molar-refractivity contribution in [1.82, 2.24) is 16.0 Å². The first-order valence-corrected chi connectivity index (χ1v) is 6.99. The zero-order valence-corrected chi connectivity index (χ0v) is 11.3. The summed E-state index contributed by atoms with van der Waals surface area (Å²) >= 11 is 0. The Labute approximate surface area is 109 Å². The maximum absolute atomic E-state index is 11.3. The topological polar surface area (TPSA) is 70.2 Å². The third-order valence-electron chi connectivity index (χ3n) is 2.84. The molecule has 1 saturated carbocycles.